The van der Waals surface area contributed by atoms with Gasteiger partial charge in [-0.1, -0.05) is 17.7 Å². The van der Waals surface area contributed by atoms with Crippen LogP contribution in [0.25, 0.3) is 0 Å². The van der Waals surface area contributed by atoms with Crippen LogP contribution in [0.15, 0.2) is 22.9 Å². The highest BCUT2D eigenvalue weighted by Crippen LogP contribution is 2.27. The molecule has 0 amide bonds. The third-order valence-electron chi connectivity index (χ3n) is 5.88. The molecule has 2 aliphatic rings. The highest BCUT2D eigenvalue weighted by Gasteiger charge is 2.40. The van der Waals surface area contributed by atoms with Crippen LogP contribution >= 0.6 is 0 Å². The van der Waals surface area contributed by atoms with Crippen molar-refractivity contribution in [3.05, 3.63) is 22.9 Å². The molecule has 0 aromatic rings. The average Bonchev–Trinajstić information content (AvgIpc) is 2.79. The van der Waals surface area contributed by atoms with Gasteiger partial charge in [-0.2, -0.15) is 0 Å². The number of hydrogen-bond donors (Lipinski definition) is 0. The summed E-state index contributed by atoms with van der Waals surface area (Å²) in [7, 11) is -0.845. The lowest BCUT2D eigenvalue weighted by molar-refractivity contribution is 0.0713. The van der Waals surface area contributed by atoms with Crippen molar-refractivity contribution in [1.29, 1.82) is 0 Å². The Kier molecular flexibility index (Phi) is 14.3. The maximum absolute atomic E-state index is 5.87. The largest absolute Gasteiger partial charge is 0.501 e. The highest BCUT2D eigenvalue weighted by atomic mass is 28.4. The molecule has 0 atom stereocenters. The van der Waals surface area contributed by atoms with Crippen molar-refractivity contribution in [3.63, 3.8) is 0 Å². The van der Waals surface area contributed by atoms with Gasteiger partial charge in [0.25, 0.3) is 0 Å². The molecule has 0 heterocycles. The molecule has 0 aromatic carbocycles. The highest BCUT2D eigenvalue weighted by molar-refractivity contribution is 6.73. The van der Waals surface area contributed by atoms with Crippen molar-refractivity contribution in [2.45, 2.75) is 91.1 Å². The summed E-state index contributed by atoms with van der Waals surface area (Å²) in [6.07, 6.45) is 15.9. The van der Waals surface area contributed by atoms with E-state index in [1.807, 2.05) is 20.8 Å². The Morgan fingerprint density at radius 3 is 1.70 bits per heavy atom. The Labute approximate surface area is 187 Å². The molecule has 0 unspecified atom stereocenters. The predicted molar refractivity (Wildman–Crippen MR) is 129 cm³/mol. The molecular formula is C23H46O5Si2. The Bertz CT molecular complexity index is 501. The number of hydrogen-bond acceptors (Lipinski definition) is 5. The first kappa shape index (κ1) is 27.7. The minimum Gasteiger partial charge on any atom is -0.395 e. The summed E-state index contributed by atoms with van der Waals surface area (Å²) in [5, 5.41) is 1.43. The van der Waals surface area contributed by atoms with E-state index in [9.17, 15) is 0 Å². The molecule has 176 valence electrons. The molecule has 30 heavy (non-hydrogen) atoms. The van der Waals surface area contributed by atoms with E-state index in [4.69, 9.17) is 22.1 Å². The van der Waals surface area contributed by atoms with E-state index in [0.717, 1.165) is 12.5 Å². The fourth-order valence-electron chi connectivity index (χ4n) is 4.04. The van der Waals surface area contributed by atoms with Gasteiger partial charge in [-0.05, 0) is 90.3 Å². The zero-order valence-electron chi connectivity index (χ0n) is 20.4. The standard InChI is InChI=1S/C14H28O3Si.C9H18O2Si/c1-4-15-18(16-5-2,17-6-3)13-12-14-10-8-7-9-11-14;1-10-12(3,11-2)9-7-5-4-6-8-9/h10H,4-9,11-13H2,1-3H3;7H,4-6,8H2,1-3H3. The summed E-state index contributed by atoms with van der Waals surface area (Å²) >= 11 is 0. The molecule has 0 aromatic heterocycles. The van der Waals surface area contributed by atoms with E-state index in [2.05, 4.69) is 18.7 Å². The normalized spacial score (nSPS) is 17.7. The van der Waals surface area contributed by atoms with Crippen LogP contribution in [-0.4, -0.2) is 51.4 Å². The van der Waals surface area contributed by atoms with Crippen molar-refractivity contribution < 1.29 is 22.1 Å². The molecule has 0 fully saturated rings. The molecule has 0 saturated heterocycles. The summed E-state index contributed by atoms with van der Waals surface area (Å²) in [5.41, 5.74) is 1.57. The van der Waals surface area contributed by atoms with Crippen LogP contribution in [0.2, 0.25) is 12.6 Å². The first-order valence-electron chi connectivity index (χ1n) is 11.9. The molecule has 0 saturated carbocycles. The second kappa shape index (κ2) is 15.5. The zero-order chi connectivity index (χ0) is 22.3. The lowest BCUT2D eigenvalue weighted by atomic mass is 9.98. The molecule has 0 radical (unpaired) electrons. The third kappa shape index (κ3) is 9.46. The maximum atomic E-state index is 5.87. The van der Waals surface area contributed by atoms with Crippen LogP contribution < -0.4 is 0 Å². The average molecular weight is 459 g/mol. The smallest absolute Gasteiger partial charge is 0.395 e. The minimum atomic E-state index is -2.42. The SMILES string of the molecule is CCO[Si](CCC1=CCCCC1)(OCC)OCC.CO[Si](C)(OC)C1=CCCCC1. The Hall–Kier alpha value is -0.286. The van der Waals surface area contributed by atoms with Crippen molar-refractivity contribution in [2.75, 3.05) is 34.0 Å². The van der Waals surface area contributed by atoms with Gasteiger partial charge >= 0.3 is 17.4 Å². The Morgan fingerprint density at radius 2 is 1.30 bits per heavy atom. The Morgan fingerprint density at radius 1 is 0.767 bits per heavy atom. The topological polar surface area (TPSA) is 46.2 Å². The summed E-state index contributed by atoms with van der Waals surface area (Å²) < 4.78 is 28.6. The van der Waals surface area contributed by atoms with Gasteiger partial charge < -0.3 is 22.1 Å². The zero-order valence-corrected chi connectivity index (χ0v) is 22.4. The number of rotatable bonds is 12. The molecular weight excluding hydrogens is 412 g/mol. The van der Waals surface area contributed by atoms with Crippen LogP contribution in [0.5, 0.6) is 0 Å². The van der Waals surface area contributed by atoms with Crippen molar-refractivity contribution in [1.82, 2.24) is 0 Å². The van der Waals surface area contributed by atoms with E-state index in [1.54, 1.807) is 19.8 Å². The quantitative estimate of drug-likeness (QED) is 0.253. The van der Waals surface area contributed by atoms with E-state index in [0.29, 0.717) is 19.8 Å². The van der Waals surface area contributed by atoms with E-state index in [1.165, 1.54) is 56.6 Å². The van der Waals surface area contributed by atoms with Gasteiger partial charge in [0.05, 0.1) is 0 Å². The maximum Gasteiger partial charge on any atom is 0.501 e. The third-order valence-corrected chi connectivity index (χ3v) is 12.1. The van der Waals surface area contributed by atoms with Crippen LogP contribution in [0, 0.1) is 0 Å². The second-order valence-corrected chi connectivity index (χ2v) is 14.0. The van der Waals surface area contributed by atoms with Gasteiger partial charge in [0, 0.05) is 40.1 Å². The van der Waals surface area contributed by atoms with Crippen LogP contribution in [0.4, 0.5) is 0 Å². The van der Waals surface area contributed by atoms with Crippen molar-refractivity contribution >= 4 is 17.4 Å². The molecule has 0 bridgehead atoms. The first-order valence-corrected chi connectivity index (χ1v) is 16.1. The summed E-state index contributed by atoms with van der Waals surface area (Å²) in [5.74, 6) is 0. The summed E-state index contributed by atoms with van der Waals surface area (Å²) in [6.45, 7) is 10.2. The predicted octanol–water partition coefficient (Wildman–Crippen LogP) is 6.32. The lowest BCUT2D eigenvalue weighted by Crippen LogP contribution is -2.46. The van der Waals surface area contributed by atoms with Gasteiger partial charge in [-0.25, -0.2) is 0 Å². The van der Waals surface area contributed by atoms with Crippen LogP contribution in [0.3, 0.4) is 0 Å². The van der Waals surface area contributed by atoms with Gasteiger partial charge in [0.2, 0.25) is 0 Å². The molecule has 2 rings (SSSR count). The minimum absolute atomic E-state index is 0.672. The van der Waals surface area contributed by atoms with Crippen LogP contribution in [-0.2, 0) is 22.1 Å². The summed E-state index contributed by atoms with van der Waals surface area (Å²) in [6, 6.07) is 0.925. The van der Waals surface area contributed by atoms with E-state index < -0.39 is 17.4 Å². The fourth-order valence-corrected chi connectivity index (χ4v) is 8.51. The van der Waals surface area contributed by atoms with E-state index in [-0.39, 0.29) is 0 Å². The van der Waals surface area contributed by atoms with Gasteiger partial charge in [-0.15, -0.1) is 0 Å². The van der Waals surface area contributed by atoms with Gasteiger partial charge in [-0.3, -0.25) is 0 Å². The molecule has 5 nitrogen and oxygen atoms in total. The molecule has 0 N–H and O–H groups in total. The molecule has 7 heteroatoms. The Balaban J connectivity index is 0.000000325. The van der Waals surface area contributed by atoms with Gasteiger partial charge in [0.1, 0.15) is 0 Å². The molecule has 0 spiro atoms. The van der Waals surface area contributed by atoms with Gasteiger partial charge in [0.15, 0.2) is 0 Å². The fraction of sp³-hybridized carbons (Fsp3) is 0.826. The number of allylic oxidation sites excluding steroid dienone is 4. The van der Waals surface area contributed by atoms with E-state index >= 15 is 0 Å². The monoisotopic (exact) mass is 458 g/mol. The van der Waals surface area contributed by atoms with Crippen LogP contribution in [0.1, 0.15) is 78.6 Å². The first-order chi connectivity index (χ1) is 14.5. The van der Waals surface area contributed by atoms with Crippen molar-refractivity contribution in [3.8, 4) is 0 Å². The van der Waals surface area contributed by atoms with Crippen molar-refractivity contribution in [2.24, 2.45) is 0 Å². The second-order valence-electron chi connectivity index (χ2n) is 7.92. The molecule has 0 aliphatic heterocycles. The summed E-state index contributed by atoms with van der Waals surface area (Å²) in [4.78, 5) is 0. The molecule has 2 aliphatic carbocycles. The lowest BCUT2D eigenvalue weighted by Gasteiger charge is -2.29.